The predicted molar refractivity (Wildman–Crippen MR) is 269 cm³/mol. The molecule has 0 heterocycles. The fraction of sp³-hybridized carbons (Fsp3) is 0.0323. The maximum Gasteiger partial charge on any atom is 0.0540 e. The molecule has 0 saturated carbocycles. The zero-order valence-corrected chi connectivity index (χ0v) is 35.3. The minimum Gasteiger partial charge on any atom is -0.310 e. The maximum absolute atomic E-state index is 2.44. The van der Waals surface area contributed by atoms with Gasteiger partial charge in [0.15, 0.2) is 0 Å². The largest absolute Gasteiger partial charge is 0.310 e. The average Bonchev–Trinajstić information content (AvgIpc) is 3.37. The molecule has 8 aromatic carbocycles. The van der Waals surface area contributed by atoms with Gasteiger partial charge in [-0.15, -0.1) is 0 Å². The molecule has 302 valence electrons. The second-order valence-electron chi connectivity index (χ2n) is 16.9. The van der Waals surface area contributed by atoms with E-state index in [1.165, 1.54) is 72.1 Å². The van der Waals surface area contributed by atoms with Crippen LogP contribution in [0.4, 0.5) is 28.4 Å². The van der Waals surface area contributed by atoms with E-state index in [1.54, 1.807) is 0 Å². The van der Waals surface area contributed by atoms with Gasteiger partial charge in [-0.2, -0.15) is 0 Å². The van der Waals surface area contributed by atoms with Gasteiger partial charge in [0.25, 0.3) is 0 Å². The van der Waals surface area contributed by atoms with Gasteiger partial charge >= 0.3 is 0 Å². The summed E-state index contributed by atoms with van der Waals surface area (Å²) in [6, 6.07) is 72.6. The molecule has 0 aromatic heterocycles. The van der Waals surface area contributed by atoms with Crippen LogP contribution in [0.2, 0.25) is 0 Å². The summed E-state index contributed by atoms with van der Waals surface area (Å²) in [6.07, 6.45) is 20.7. The fourth-order valence-electron chi connectivity index (χ4n) is 10.2. The lowest BCUT2D eigenvalue weighted by Crippen LogP contribution is -2.34. The lowest BCUT2D eigenvalue weighted by atomic mass is 9.63. The van der Waals surface area contributed by atoms with E-state index in [2.05, 4.69) is 265 Å². The van der Waals surface area contributed by atoms with Crippen LogP contribution in [0.5, 0.6) is 0 Å². The van der Waals surface area contributed by atoms with Gasteiger partial charge in [0, 0.05) is 40.0 Å². The van der Waals surface area contributed by atoms with Crippen LogP contribution >= 0.6 is 0 Å². The number of rotatable bonds is 9. The van der Waals surface area contributed by atoms with E-state index in [4.69, 9.17) is 0 Å². The van der Waals surface area contributed by atoms with Gasteiger partial charge in [0.1, 0.15) is 0 Å². The van der Waals surface area contributed by atoms with E-state index < -0.39 is 0 Å². The Morgan fingerprint density at radius 2 is 0.812 bits per heavy atom. The van der Waals surface area contributed by atoms with Crippen LogP contribution in [0.15, 0.2) is 283 Å². The van der Waals surface area contributed by atoms with E-state index in [1.807, 2.05) is 0 Å². The first-order valence-electron chi connectivity index (χ1n) is 22.2. The smallest absolute Gasteiger partial charge is 0.0540 e. The molecule has 0 amide bonds. The van der Waals surface area contributed by atoms with Crippen LogP contribution in [0.25, 0.3) is 44.2 Å². The molecule has 0 bridgehead atoms. The summed E-state index contributed by atoms with van der Waals surface area (Å²) >= 11 is 0. The number of anilines is 5. The van der Waals surface area contributed by atoms with Crippen molar-refractivity contribution >= 4 is 39.2 Å². The molecule has 0 saturated heterocycles. The highest BCUT2D eigenvalue weighted by Crippen LogP contribution is 2.53. The summed E-state index contributed by atoms with van der Waals surface area (Å²) in [5.41, 5.74) is 19.5. The summed E-state index contributed by atoms with van der Waals surface area (Å²) in [5, 5.41) is 2.42. The standard InChI is InChI=1S/C62H44N2/c1-3-13-43(14-4-1)50-19-10-20-51(41-50)46-33-39-55(40-34-46)63(59-26-12-16-47-15-7-8-24-57(47)59)54-35-29-44(30-36-54)45-31-37-56(38-32-45)64(53-22-5-2-6-23-53)60-42-52-21-9-17-48-27-28-49-18-11-25-58(60)62(49)61(48)52/h1-42,61-62H. The first kappa shape index (κ1) is 37.6. The molecule has 0 aliphatic heterocycles. The van der Waals surface area contributed by atoms with Crippen LogP contribution in [0, 0.1) is 11.8 Å². The number of nitrogens with zero attached hydrogens (tertiary/aromatic N) is 2. The molecule has 12 rings (SSSR count). The van der Waals surface area contributed by atoms with E-state index >= 15 is 0 Å². The van der Waals surface area contributed by atoms with Crippen LogP contribution in [-0.2, 0) is 0 Å². The van der Waals surface area contributed by atoms with Crippen molar-refractivity contribution in [3.05, 3.63) is 283 Å². The molecule has 2 heteroatoms. The Morgan fingerprint density at radius 1 is 0.328 bits per heavy atom. The van der Waals surface area contributed by atoms with Crippen molar-refractivity contribution in [2.24, 2.45) is 11.8 Å². The van der Waals surface area contributed by atoms with Crippen LogP contribution in [-0.4, -0.2) is 0 Å². The van der Waals surface area contributed by atoms with Crippen molar-refractivity contribution in [3.63, 3.8) is 0 Å². The Morgan fingerprint density at radius 3 is 1.48 bits per heavy atom. The topological polar surface area (TPSA) is 6.48 Å². The van der Waals surface area contributed by atoms with Gasteiger partial charge in [0.2, 0.25) is 0 Å². The summed E-state index contributed by atoms with van der Waals surface area (Å²) in [4.78, 5) is 4.83. The third-order valence-electron chi connectivity index (χ3n) is 13.2. The van der Waals surface area contributed by atoms with E-state index in [0.29, 0.717) is 11.8 Å². The number of benzene rings is 8. The van der Waals surface area contributed by atoms with Gasteiger partial charge in [-0.3, -0.25) is 0 Å². The van der Waals surface area contributed by atoms with Crippen molar-refractivity contribution in [2.75, 3.05) is 9.80 Å². The number of hydrogen-bond acceptors (Lipinski definition) is 2. The maximum atomic E-state index is 2.44. The molecule has 4 aliphatic rings. The Labute approximate surface area is 375 Å². The normalized spacial score (nSPS) is 16.8. The molecular weight excluding hydrogens is 773 g/mol. The Hall–Kier alpha value is -8.20. The molecule has 0 spiro atoms. The van der Waals surface area contributed by atoms with Crippen molar-refractivity contribution in [3.8, 4) is 33.4 Å². The third kappa shape index (κ3) is 6.68. The van der Waals surface area contributed by atoms with E-state index in [0.717, 1.165) is 28.4 Å². The van der Waals surface area contributed by atoms with Crippen molar-refractivity contribution < 1.29 is 0 Å². The molecule has 4 aliphatic carbocycles. The average molecular weight is 817 g/mol. The molecular formula is C62H44N2. The molecule has 2 unspecified atom stereocenters. The van der Waals surface area contributed by atoms with Crippen LogP contribution in [0.1, 0.15) is 0 Å². The van der Waals surface area contributed by atoms with Crippen molar-refractivity contribution in [1.82, 2.24) is 0 Å². The number of allylic oxidation sites excluding steroid dienone is 13. The third-order valence-corrected chi connectivity index (χ3v) is 13.2. The Balaban J connectivity index is 0.886. The Kier molecular flexibility index (Phi) is 9.34. The fourth-order valence-corrected chi connectivity index (χ4v) is 10.2. The van der Waals surface area contributed by atoms with Crippen molar-refractivity contribution in [2.45, 2.75) is 0 Å². The van der Waals surface area contributed by atoms with E-state index in [9.17, 15) is 0 Å². The minimum absolute atomic E-state index is 0.300. The highest BCUT2D eigenvalue weighted by molar-refractivity contribution is 5.99. The number of hydrogen-bond donors (Lipinski definition) is 0. The lowest BCUT2D eigenvalue weighted by Gasteiger charge is -2.44. The second-order valence-corrected chi connectivity index (χ2v) is 16.9. The molecule has 0 fully saturated rings. The Bertz CT molecular complexity index is 3280. The molecule has 64 heavy (non-hydrogen) atoms. The van der Waals surface area contributed by atoms with Crippen molar-refractivity contribution in [1.29, 1.82) is 0 Å². The van der Waals surface area contributed by atoms with Gasteiger partial charge < -0.3 is 9.80 Å². The van der Waals surface area contributed by atoms with Crippen LogP contribution < -0.4 is 9.80 Å². The van der Waals surface area contributed by atoms with Gasteiger partial charge in [-0.05, 0) is 128 Å². The number of fused-ring (bicyclic) bond motifs is 1. The summed E-state index contributed by atoms with van der Waals surface area (Å²) < 4.78 is 0. The SMILES string of the molecule is C1=CC2=CC=C3C=CC=C4C(N(c5ccccc5)c5ccc(-c6ccc(N(c7ccc(-c8cccc(-c9ccccc9)c8)cc7)c7cccc8ccccc78)cc6)cc5)=CC(=C1)C2C34. The minimum atomic E-state index is 0.300. The van der Waals surface area contributed by atoms with Gasteiger partial charge in [-0.1, -0.05) is 188 Å². The lowest BCUT2D eigenvalue weighted by molar-refractivity contribution is 0.553. The molecule has 2 atom stereocenters. The second kappa shape index (κ2) is 15.9. The highest BCUT2D eigenvalue weighted by atomic mass is 15.2. The zero-order chi connectivity index (χ0) is 42.4. The first-order chi connectivity index (χ1) is 31.7. The monoisotopic (exact) mass is 816 g/mol. The highest BCUT2D eigenvalue weighted by Gasteiger charge is 2.41. The molecule has 0 N–H and O–H groups in total. The summed E-state index contributed by atoms with van der Waals surface area (Å²) in [6.45, 7) is 0. The zero-order valence-electron chi connectivity index (χ0n) is 35.3. The van der Waals surface area contributed by atoms with Crippen LogP contribution in [0.3, 0.4) is 0 Å². The quantitative estimate of drug-likeness (QED) is 0.143. The van der Waals surface area contributed by atoms with E-state index in [-0.39, 0.29) is 0 Å². The van der Waals surface area contributed by atoms with Gasteiger partial charge in [-0.25, -0.2) is 0 Å². The predicted octanol–water partition coefficient (Wildman–Crippen LogP) is 16.4. The first-order valence-corrected chi connectivity index (χ1v) is 22.2. The molecule has 8 aromatic rings. The molecule has 2 nitrogen and oxygen atoms in total. The van der Waals surface area contributed by atoms with Gasteiger partial charge in [0.05, 0.1) is 11.4 Å². The summed E-state index contributed by atoms with van der Waals surface area (Å²) in [7, 11) is 0. The molecule has 0 radical (unpaired) electrons. The number of para-hydroxylation sites is 1. The summed E-state index contributed by atoms with van der Waals surface area (Å²) in [5.74, 6) is 0.653.